The van der Waals surface area contributed by atoms with Crippen molar-refractivity contribution in [3.05, 3.63) is 12.2 Å². The van der Waals surface area contributed by atoms with Gasteiger partial charge in [-0.3, -0.25) is 0 Å². The van der Waals surface area contributed by atoms with Crippen LogP contribution in [-0.2, 0) is 9.47 Å². The summed E-state index contributed by atoms with van der Waals surface area (Å²) >= 11 is 0. The summed E-state index contributed by atoms with van der Waals surface area (Å²) in [4.78, 5) is 0. The van der Waals surface area contributed by atoms with Gasteiger partial charge in [0.25, 0.3) is 0 Å². The lowest BCUT2D eigenvalue weighted by molar-refractivity contribution is -0.294. The molecule has 0 amide bonds. The first-order valence-electron chi connectivity index (χ1n) is 9.39. The molecule has 0 saturated carbocycles. The van der Waals surface area contributed by atoms with Crippen molar-refractivity contribution in [3.63, 3.8) is 0 Å². The van der Waals surface area contributed by atoms with E-state index in [0.717, 1.165) is 25.8 Å². The average molecular weight is 361 g/mol. The summed E-state index contributed by atoms with van der Waals surface area (Å²) in [7, 11) is 0. The lowest BCUT2D eigenvalue weighted by Crippen LogP contribution is -2.59. The van der Waals surface area contributed by atoms with Crippen LogP contribution >= 0.6 is 0 Å². The summed E-state index contributed by atoms with van der Waals surface area (Å²) in [6.45, 7) is 0.529. The third-order valence-corrected chi connectivity index (χ3v) is 4.47. The Morgan fingerprint density at radius 3 is 2.16 bits per heavy atom. The van der Waals surface area contributed by atoms with E-state index < -0.39 is 37.3 Å². The fourth-order valence-corrected chi connectivity index (χ4v) is 2.89. The molecule has 1 fully saturated rings. The van der Waals surface area contributed by atoms with E-state index in [2.05, 4.69) is 0 Å². The standard InChI is InChI=1S/C18H35NO6/c19-11-9-7-5-3-1-2-4-6-8-10-12-24-17-16(22)15(21)14(13-20)25-18(17)23/h8,10,14-18,20-23H,1-7,9,11-13,19H2/b10-8+/t14-,15+,16+,17-,18-/m1/s1. The van der Waals surface area contributed by atoms with Crippen LogP contribution in [0.1, 0.15) is 51.4 Å². The van der Waals surface area contributed by atoms with E-state index in [1.54, 1.807) is 0 Å². The monoisotopic (exact) mass is 361 g/mol. The first kappa shape index (κ1) is 22.5. The van der Waals surface area contributed by atoms with Crippen LogP contribution in [0.15, 0.2) is 12.2 Å². The van der Waals surface area contributed by atoms with Crippen LogP contribution < -0.4 is 5.73 Å². The van der Waals surface area contributed by atoms with E-state index in [-0.39, 0.29) is 6.61 Å². The van der Waals surface area contributed by atoms with Gasteiger partial charge in [0.2, 0.25) is 0 Å². The van der Waals surface area contributed by atoms with Gasteiger partial charge in [-0.2, -0.15) is 0 Å². The van der Waals surface area contributed by atoms with Crippen LogP contribution in [0.4, 0.5) is 0 Å². The third kappa shape index (κ3) is 8.59. The summed E-state index contributed by atoms with van der Waals surface area (Å²) in [5, 5.41) is 38.5. The largest absolute Gasteiger partial charge is 0.394 e. The molecule has 7 heteroatoms. The van der Waals surface area contributed by atoms with E-state index in [0.29, 0.717) is 0 Å². The highest BCUT2D eigenvalue weighted by Gasteiger charge is 2.44. The van der Waals surface area contributed by atoms with Crippen LogP contribution in [0, 0.1) is 0 Å². The van der Waals surface area contributed by atoms with Gasteiger partial charge in [-0.1, -0.05) is 44.3 Å². The minimum absolute atomic E-state index is 0.220. The van der Waals surface area contributed by atoms with Gasteiger partial charge >= 0.3 is 0 Å². The fraction of sp³-hybridized carbons (Fsp3) is 0.889. The molecule has 7 nitrogen and oxygen atoms in total. The molecule has 0 unspecified atom stereocenters. The Kier molecular flexibility index (Phi) is 12.3. The van der Waals surface area contributed by atoms with Gasteiger partial charge in [0.1, 0.15) is 24.4 Å². The van der Waals surface area contributed by atoms with Crippen LogP contribution in [0.2, 0.25) is 0 Å². The summed E-state index contributed by atoms with van der Waals surface area (Å²) in [5.41, 5.74) is 5.46. The molecule has 0 bridgehead atoms. The van der Waals surface area contributed by atoms with Crippen molar-refractivity contribution in [1.82, 2.24) is 0 Å². The maximum absolute atomic E-state index is 9.93. The van der Waals surface area contributed by atoms with E-state index in [1.807, 2.05) is 12.2 Å². The molecule has 0 aromatic rings. The predicted molar refractivity (Wildman–Crippen MR) is 94.8 cm³/mol. The average Bonchev–Trinajstić information content (AvgIpc) is 2.61. The second-order valence-corrected chi connectivity index (χ2v) is 6.55. The molecule has 1 aliphatic heterocycles. The molecule has 1 aliphatic rings. The van der Waals surface area contributed by atoms with Crippen LogP contribution in [0.3, 0.4) is 0 Å². The second kappa shape index (κ2) is 13.6. The Morgan fingerprint density at radius 1 is 0.880 bits per heavy atom. The van der Waals surface area contributed by atoms with E-state index in [1.165, 1.54) is 32.1 Å². The van der Waals surface area contributed by atoms with Crippen molar-refractivity contribution >= 4 is 0 Å². The Morgan fingerprint density at radius 2 is 1.52 bits per heavy atom. The molecule has 1 saturated heterocycles. The number of nitrogens with two attached hydrogens (primary N) is 1. The lowest BCUT2D eigenvalue weighted by Gasteiger charge is -2.39. The smallest absolute Gasteiger partial charge is 0.184 e. The number of hydrogen-bond acceptors (Lipinski definition) is 7. The van der Waals surface area contributed by atoms with E-state index in [9.17, 15) is 15.3 Å². The first-order chi connectivity index (χ1) is 12.1. The maximum atomic E-state index is 9.93. The molecule has 0 aliphatic carbocycles. The molecule has 25 heavy (non-hydrogen) atoms. The highest BCUT2D eigenvalue weighted by Crippen LogP contribution is 2.22. The van der Waals surface area contributed by atoms with Gasteiger partial charge in [-0.15, -0.1) is 0 Å². The molecular weight excluding hydrogens is 326 g/mol. The molecule has 6 N–H and O–H groups in total. The van der Waals surface area contributed by atoms with E-state index >= 15 is 0 Å². The first-order valence-corrected chi connectivity index (χ1v) is 9.39. The summed E-state index contributed by atoms with van der Waals surface area (Å²) in [6.07, 6.45) is 7.28. The molecule has 0 spiro atoms. The number of aliphatic hydroxyl groups excluding tert-OH is 4. The normalized spacial score (nSPS) is 30.2. The van der Waals surface area contributed by atoms with Gasteiger partial charge in [0.15, 0.2) is 6.29 Å². The zero-order chi connectivity index (χ0) is 18.5. The lowest BCUT2D eigenvalue weighted by atomic mass is 9.99. The molecule has 5 atom stereocenters. The number of rotatable bonds is 13. The van der Waals surface area contributed by atoms with Crippen molar-refractivity contribution in [3.8, 4) is 0 Å². The molecule has 1 heterocycles. The van der Waals surface area contributed by atoms with Crippen molar-refractivity contribution in [1.29, 1.82) is 0 Å². The number of unbranched alkanes of at least 4 members (excludes halogenated alkanes) is 7. The SMILES string of the molecule is NCCCCCCCCC/C=C/CO[C@@H]1[C@@H](O)[C@@H](O)[C@@H](CO)O[C@H]1O. The topological polar surface area (TPSA) is 125 Å². The molecule has 0 aromatic heterocycles. The molecular formula is C18H35NO6. The van der Waals surface area contributed by atoms with E-state index in [4.69, 9.17) is 20.3 Å². The quantitative estimate of drug-likeness (QED) is 0.238. The highest BCUT2D eigenvalue weighted by atomic mass is 16.7. The summed E-state index contributed by atoms with van der Waals surface area (Å²) in [6, 6.07) is 0. The minimum Gasteiger partial charge on any atom is -0.394 e. The van der Waals surface area contributed by atoms with Gasteiger partial charge in [-0.05, 0) is 25.8 Å². The van der Waals surface area contributed by atoms with Crippen LogP contribution in [-0.4, -0.2) is 70.9 Å². The maximum Gasteiger partial charge on any atom is 0.184 e. The number of aliphatic hydroxyl groups is 4. The second-order valence-electron chi connectivity index (χ2n) is 6.55. The Hall–Kier alpha value is -0.540. The number of hydrogen-bond donors (Lipinski definition) is 5. The Labute approximate surface area is 150 Å². The number of ether oxygens (including phenoxy) is 2. The zero-order valence-electron chi connectivity index (χ0n) is 15.0. The van der Waals surface area contributed by atoms with Gasteiger partial charge in [-0.25, -0.2) is 0 Å². The van der Waals surface area contributed by atoms with Crippen molar-refractivity contribution in [2.45, 2.75) is 82.1 Å². The molecule has 0 radical (unpaired) electrons. The van der Waals surface area contributed by atoms with Gasteiger partial charge < -0.3 is 35.6 Å². The van der Waals surface area contributed by atoms with Crippen LogP contribution in [0.5, 0.6) is 0 Å². The van der Waals surface area contributed by atoms with Gasteiger partial charge in [0, 0.05) is 0 Å². The molecule has 1 rings (SSSR count). The Bertz CT molecular complexity index is 354. The van der Waals surface area contributed by atoms with Crippen molar-refractivity contribution < 1.29 is 29.9 Å². The van der Waals surface area contributed by atoms with Crippen molar-refractivity contribution in [2.75, 3.05) is 19.8 Å². The zero-order valence-corrected chi connectivity index (χ0v) is 15.0. The molecule has 0 aromatic carbocycles. The number of allylic oxidation sites excluding steroid dienone is 1. The summed E-state index contributed by atoms with van der Waals surface area (Å²) < 4.78 is 10.4. The highest BCUT2D eigenvalue weighted by molar-refractivity contribution is 4.90. The Balaban J connectivity index is 2.07. The molecule has 148 valence electrons. The third-order valence-electron chi connectivity index (χ3n) is 4.47. The predicted octanol–water partition coefficient (Wildman–Crippen LogP) is 0.439. The van der Waals surface area contributed by atoms with Gasteiger partial charge in [0.05, 0.1) is 13.2 Å². The fourth-order valence-electron chi connectivity index (χ4n) is 2.89. The minimum atomic E-state index is -1.37. The van der Waals surface area contributed by atoms with Crippen LogP contribution in [0.25, 0.3) is 0 Å². The summed E-state index contributed by atoms with van der Waals surface area (Å²) in [5.74, 6) is 0. The van der Waals surface area contributed by atoms with Crippen molar-refractivity contribution in [2.24, 2.45) is 5.73 Å².